The van der Waals surface area contributed by atoms with Crippen molar-refractivity contribution in [1.29, 1.82) is 0 Å². The fourth-order valence-corrected chi connectivity index (χ4v) is 5.31. The lowest BCUT2D eigenvalue weighted by atomic mass is 9.98. The maximum atomic E-state index is 14.9. The van der Waals surface area contributed by atoms with Gasteiger partial charge >= 0.3 is 12.0 Å². The summed E-state index contributed by atoms with van der Waals surface area (Å²) >= 11 is 0. The van der Waals surface area contributed by atoms with Gasteiger partial charge in [-0.05, 0) is 60.4 Å². The Morgan fingerprint density at radius 2 is 1.93 bits per heavy atom. The van der Waals surface area contributed by atoms with E-state index in [2.05, 4.69) is 31.2 Å². The smallest absolute Gasteiger partial charge is 0.324 e. The Morgan fingerprint density at radius 3 is 2.62 bits per heavy atom. The van der Waals surface area contributed by atoms with Crippen molar-refractivity contribution >= 4 is 35.2 Å². The molecule has 0 spiro atoms. The third-order valence-corrected chi connectivity index (χ3v) is 7.14. The molecule has 2 atom stereocenters. The number of benzene rings is 1. The minimum atomic E-state index is -0.915. The maximum absolute atomic E-state index is 14.9. The van der Waals surface area contributed by atoms with Crippen LogP contribution in [0.25, 0.3) is 0 Å². The van der Waals surface area contributed by atoms with E-state index in [1.165, 1.54) is 12.1 Å². The summed E-state index contributed by atoms with van der Waals surface area (Å²) < 4.78 is 14.9. The Labute approximate surface area is 233 Å². The summed E-state index contributed by atoms with van der Waals surface area (Å²) in [6, 6.07) is 6.76. The van der Waals surface area contributed by atoms with Crippen LogP contribution >= 0.6 is 0 Å². The molecule has 1 fully saturated rings. The number of carbonyl (C=O) groups is 3. The summed E-state index contributed by atoms with van der Waals surface area (Å²) in [6.07, 6.45) is 6.51. The molecule has 10 nitrogen and oxygen atoms in total. The topological polar surface area (TPSA) is 145 Å². The van der Waals surface area contributed by atoms with Gasteiger partial charge < -0.3 is 21.1 Å². The number of hydrogen-bond acceptors (Lipinski definition) is 6. The number of amides is 3. The van der Waals surface area contributed by atoms with Gasteiger partial charge in [-0.3, -0.25) is 19.9 Å². The van der Waals surface area contributed by atoms with Crippen molar-refractivity contribution in [2.24, 2.45) is 10.9 Å². The van der Waals surface area contributed by atoms with Crippen LogP contribution in [-0.2, 0) is 16.0 Å². The number of hydrogen-bond donors (Lipinski definition) is 5. The summed E-state index contributed by atoms with van der Waals surface area (Å²) in [4.78, 5) is 45.2. The predicted molar refractivity (Wildman–Crippen MR) is 151 cm³/mol. The van der Waals surface area contributed by atoms with Crippen LogP contribution in [0.1, 0.15) is 69.4 Å². The summed E-state index contributed by atoms with van der Waals surface area (Å²) in [6.45, 7) is 4.37. The predicted octanol–water partition coefficient (Wildman–Crippen LogP) is 4.44. The number of carbonyl (C=O) groups excluding carboxylic acids is 2. The van der Waals surface area contributed by atoms with Crippen LogP contribution in [0.3, 0.4) is 0 Å². The first kappa shape index (κ1) is 29.0. The van der Waals surface area contributed by atoms with Gasteiger partial charge in [-0.25, -0.2) is 14.2 Å². The number of halogens is 1. The van der Waals surface area contributed by atoms with Crippen molar-refractivity contribution in [3.8, 4) is 0 Å². The fraction of sp³-hybridized carbons (Fsp3) is 0.483. The molecule has 1 aliphatic heterocycles. The Kier molecular flexibility index (Phi) is 9.68. The third-order valence-electron chi connectivity index (χ3n) is 7.14. The van der Waals surface area contributed by atoms with E-state index >= 15 is 0 Å². The highest BCUT2D eigenvalue weighted by Crippen LogP contribution is 2.36. The lowest BCUT2D eigenvalue weighted by molar-refractivity contribution is -0.137. The molecular weight excluding hydrogens is 515 g/mol. The normalized spacial score (nSPS) is 17.7. The number of urea groups is 1. The molecule has 40 heavy (non-hydrogen) atoms. The molecule has 1 saturated carbocycles. The minimum absolute atomic E-state index is 0.00771. The molecule has 0 bridgehead atoms. The number of nitrogens with zero attached hydrogens (tertiary/aromatic N) is 2. The van der Waals surface area contributed by atoms with E-state index in [0.29, 0.717) is 36.1 Å². The molecule has 0 radical (unpaired) electrons. The van der Waals surface area contributed by atoms with Crippen molar-refractivity contribution in [2.75, 3.05) is 17.2 Å². The standard InChI is InChI=1S/C29H37FN6O4/c1-17(2)12-24(28-32-16-20(33-28)15-26(38)39)34-25(37)14-18-9-10-23(22(30)13-18)35-29(40)36-27-21(8-5-11-31-27)19-6-3-4-7-19/h5,8-11,13,17,19-20,24H,3-4,6-7,12,14-16H2,1-2H3,(H,32,33)(H,34,37)(H,38,39)(H2,31,35,36,40). The highest BCUT2D eigenvalue weighted by Gasteiger charge is 2.28. The molecule has 2 aliphatic rings. The number of anilines is 2. The third kappa shape index (κ3) is 8.00. The Bertz CT molecular complexity index is 1260. The molecule has 3 amide bonds. The number of aliphatic imine (C=N–C) groups is 1. The molecule has 0 saturated heterocycles. The summed E-state index contributed by atoms with van der Waals surface area (Å²) in [5.41, 5.74) is 1.43. The van der Waals surface area contributed by atoms with Gasteiger partial charge in [0.05, 0.1) is 37.2 Å². The number of pyridine rings is 1. The number of nitrogens with one attached hydrogen (secondary N) is 4. The number of aliphatic carboxylic acids is 1. The van der Waals surface area contributed by atoms with Gasteiger partial charge in [-0.15, -0.1) is 0 Å². The zero-order valence-electron chi connectivity index (χ0n) is 22.9. The van der Waals surface area contributed by atoms with Crippen LogP contribution in [0, 0.1) is 11.7 Å². The lowest BCUT2D eigenvalue weighted by Crippen LogP contribution is -2.48. The van der Waals surface area contributed by atoms with Crippen molar-refractivity contribution in [3.63, 3.8) is 0 Å². The van der Waals surface area contributed by atoms with Crippen molar-refractivity contribution in [2.45, 2.75) is 76.8 Å². The van der Waals surface area contributed by atoms with E-state index < -0.39 is 23.9 Å². The molecule has 1 aromatic heterocycles. The van der Waals surface area contributed by atoms with Crippen LogP contribution in [0.5, 0.6) is 0 Å². The summed E-state index contributed by atoms with van der Waals surface area (Å²) in [7, 11) is 0. The van der Waals surface area contributed by atoms with Gasteiger partial charge in [0, 0.05) is 6.20 Å². The Balaban J connectivity index is 1.33. The molecular formula is C29H37FN6O4. The van der Waals surface area contributed by atoms with E-state index in [1.807, 2.05) is 26.0 Å². The van der Waals surface area contributed by atoms with Gasteiger partial charge in [0.25, 0.3) is 0 Å². The number of rotatable bonds is 11. The molecule has 2 heterocycles. The van der Waals surface area contributed by atoms with Crippen LogP contribution in [0.15, 0.2) is 41.5 Å². The maximum Gasteiger partial charge on any atom is 0.324 e. The first-order chi connectivity index (χ1) is 19.2. The SMILES string of the molecule is CC(C)CC(NC(=O)Cc1ccc(NC(=O)Nc2ncccc2C2CCCC2)c(F)c1)C1=NCC(CC(=O)O)N1. The molecule has 5 N–H and O–H groups in total. The van der Waals surface area contributed by atoms with E-state index in [4.69, 9.17) is 5.11 Å². The van der Waals surface area contributed by atoms with Crippen LogP contribution in [0.2, 0.25) is 0 Å². The van der Waals surface area contributed by atoms with Gasteiger partial charge in [0.1, 0.15) is 17.5 Å². The van der Waals surface area contributed by atoms with Crippen LogP contribution < -0.4 is 21.3 Å². The second-order valence-corrected chi connectivity index (χ2v) is 10.9. The van der Waals surface area contributed by atoms with Gasteiger partial charge in [0.15, 0.2) is 0 Å². The van der Waals surface area contributed by atoms with E-state index in [-0.39, 0.29) is 36.4 Å². The molecule has 1 aromatic carbocycles. The fourth-order valence-electron chi connectivity index (χ4n) is 5.31. The second-order valence-electron chi connectivity index (χ2n) is 10.9. The number of aromatic nitrogens is 1. The highest BCUT2D eigenvalue weighted by atomic mass is 19.1. The van der Waals surface area contributed by atoms with Crippen LogP contribution in [0.4, 0.5) is 20.7 Å². The highest BCUT2D eigenvalue weighted by molar-refractivity contribution is 5.99. The second kappa shape index (κ2) is 13.4. The minimum Gasteiger partial charge on any atom is -0.481 e. The van der Waals surface area contributed by atoms with E-state index in [0.717, 1.165) is 31.2 Å². The number of carboxylic acid groups (broad SMARTS) is 1. The van der Waals surface area contributed by atoms with Gasteiger partial charge in [0.2, 0.25) is 5.91 Å². The van der Waals surface area contributed by atoms with Crippen molar-refractivity contribution in [3.05, 3.63) is 53.5 Å². The molecule has 11 heteroatoms. The van der Waals surface area contributed by atoms with Gasteiger partial charge in [-0.2, -0.15) is 0 Å². The molecule has 2 unspecified atom stereocenters. The zero-order valence-corrected chi connectivity index (χ0v) is 22.9. The average Bonchev–Trinajstić information content (AvgIpc) is 3.58. The first-order valence-electron chi connectivity index (χ1n) is 13.8. The number of amidine groups is 1. The summed E-state index contributed by atoms with van der Waals surface area (Å²) in [5, 5.41) is 20.4. The van der Waals surface area contributed by atoms with E-state index in [1.54, 1.807) is 12.3 Å². The van der Waals surface area contributed by atoms with E-state index in [9.17, 15) is 18.8 Å². The van der Waals surface area contributed by atoms with Crippen LogP contribution in [-0.4, -0.2) is 52.5 Å². The average molecular weight is 553 g/mol. The number of carboxylic acids is 1. The quantitative estimate of drug-likeness (QED) is 0.279. The van der Waals surface area contributed by atoms with Gasteiger partial charge in [-0.1, -0.05) is 38.8 Å². The monoisotopic (exact) mass is 552 g/mol. The molecule has 1 aliphatic carbocycles. The Hall–Kier alpha value is -4.02. The van der Waals surface area contributed by atoms with Crippen molar-refractivity contribution in [1.82, 2.24) is 15.6 Å². The van der Waals surface area contributed by atoms with Crippen molar-refractivity contribution < 1.29 is 23.9 Å². The first-order valence-corrected chi connectivity index (χ1v) is 13.8. The zero-order chi connectivity index (χ0) is 28.6. The molecule has 214 valence electrons. The largest absolute Gasteiger partial charge is 0.481 e. The lowest BCUT2D eigenvalue weighted by Gasteiger charge is -2.22. The molecule has 4 rings (SSSR count). The molecule has 2 aromatic rings. The summed E-state index contributed by atoms with van der Waals surface area (Å²) in [5.74, 6) is -0.238. The Morgan fingerprint density at radius 1 is 1.15 bits per heavy atom.